The van der Waals surface area contributed by atoms with Gasteiger partial charge in [-0.3, -0.25) is 9.69 Å². The average Bonchev–Trinajstić information content (AvgIpc) is 2.94. The monoisotopic (exact) mass is 381 g/mol. The fraction of sp³-hybridized carbons (Fsp3) is 0.611. The molecule has 1 amide bonds. The van der Waals surface area contributed by atoms with E-state index in [4.69, 9.17) is 4.74 Å². The number of rotatable bonds is 5. The van der Waals surface area contributed by atoms with Crippen LogP contribution >= 0.6 is 0 Å². The zero-order chi connectivity index (χ0) is 18.9. The fourth-order valence-corrected chi connectivity index (χ4v) is 4.91. The maximum absolute atomic E-state index is 12.7. The van der Waals surface area contributed by atoms with Crippen LogP contribution in [0.1, 0.15) is 27.2 Å². The fourth-order valence-electron chi connectivity index (χ4n) is 3.62. The summed E-state index contributed by atoms with van der Waals surface area (Å²) in [5.74, 6) is 0.211. The number of carbonyl (C=O) groups excluding carboxylic acids is 1. The van der Waals surface area contributed by atoms with E-state index in [-0.39, 0.29) is 29.0 Å². The van der Waals surface area contributed by atoms with Gasteiger partial charge in [-0.25, -0.2) is 13.1 Å². The summed E-state index contributed by atoms with van der Waals surface area (Å²) in [5, 5.41) is 2.61. The number of fused-ring (bicyclic) bond motifs is 1. The lowest BCUT2D eigenvalue weighted by molar-refractivity contribution is -0.114. The van der Waals surface area contributed by atoms with Gasteiger partial charge in [0.25, 0.3) is 0 Å². The number of sulfonamides is 1. The molecule has 2 fully saturated rings. The molecule has 1 aromatic rings. The van der Waals surface area contributed by atoms with Gasteiger partial charge in [0.1, 0.15) is 0 Å². The molecule has 0 radical (unpaired) electrons. The Hall–Kier alpha value is -1.48. The van der Waals surface area contributed by atoms with Gasteiger partial charge in [-0.1, -0.05) is 19.9 Å². The van der Waals surface area contributed by atoms with Crippen molar-refractivity contribution in [1.82, 2.24) is 9.62 Å². The number of ether oxygens (including phenoxy) is 1. The zero-order valence-electron chi connectivity index (χ0n) is 15.4. The molecular weight excluding hydrogens is 354 g/mol. The van der Waals surface area contributed by atoms with Gasteiger partial charge in [0.05, 0.1) is 17.6 Å². The number of amides is 1. The van der Waals surface area contributed by atoms with Crippen LogP contribution in [0.3, 0.4) is 0 Å². The van der Waals surface area contributed by atoms with Crippen LogP contribution < -0.4 is 10.0 Å². The Labute approximate surface area is 155 Å². The van der Waals surface area contributed by atoms with Gasteiger partial charge in [-0.15, -0.1) is 0 Å². The minimum atomic E-state index is -3.64. The topological polar surface area (TPSA) is 87.7 Å². The molecule has 2 N–H and O–H groups in total. The lowest BCUT2D eigenvalue weighted by atomic mass is 10.0. The molecule has 0 aliphatic carbocycles. The largest absolute Gasteiger partial charge is 0.375 e. The van der Waals surface area contributed by atoms with Gasteiger partial charge in [-0.05, 0) is 30.5 Å². The first-order valence-electron chi connectivity index (χ1n) is 9.00. The van der Waals surface area contributed by atoms with E-state index < -0.39 is 10.0 Å². The smallest absolute Gasteiger partial charge is 0.240 e. The number of benzene rings is 1. The Morgan fingerprint density at radius 2 is 2.08 bits per heavy atom. The summed E-state index contributed by atoms with van der Waals surface area (Å²) in [6.07, 6.45) is 0.950. The quantitative estimate of drug-likeness (QED) is 0.805. The SMILES string of the molecule is CC(=O)Nc1cccc(S(=O)(=O)N[C@H]2C[C@H]3CO[C@@H](C(C)C)CN3C2)c1. The van der Waals surface area contributed by atoms with Crippen LogP contribution in [0.2, 0.25) is 0 Å². The second kappa shape index (κ2) is 7.64. The number of hydrogen-bond acceptors (Lipinski definition) is 5. The third-order valence-corrected chi connectivity index (χ3v) is 6.49. The van der Waals surface area contributed by atoms with Crippen LogP contribution in [-0.4, -0.2) is 57.1 Å². The Balaban J connectivity index is 1.66. The predicted octanol–water partition coefficient (Wildman–Crippen LogP) is 1.42. The highest BCUT2D eigenvalue weighted by Gasteiger charge is 2.39. The lowest BCUT2D eigenvalue weighted by Crippen LogP contribution is -2.48. The Morgan fingerprint density at radius 1 is 1.31 bits per heavy atom. The standard InChI is InChI=1S/C18H27N3O4S/c1-12(2)18-10-21-9-15(7-16(21)11-25-18)20-26(23,24)17-6-4-5-14(8-17)19-13(3)22/h4-6,8,12,15-16,18,20H,7,9-11H2,1-3H3,(H,19,22)/t15-,16-,18+/m0/s1. The van der Waals surface area contributed by atoms with E-state index in [0.29, 0.717) is 24.8 Å². The van der Waals surface area contributed by atoms with Gasteiger partial charge in [0.2, 0.25) is 15.9 Å². The molecule has 26 heavy (non-hydrogen) atoms. The summed E-state index contributed by atoms with van der Waals surface area (Å²) >= 11 is 0. The van der Waals surface area contributed by atoms with Crippen LogP contribution in [0.15, 0.2) is 29.2 Å². The third kappa shape index (κ3) is 4.43. The number of nitrogens with zero attached hydrogens (tertiary/aromatic N) is 1. The Kier molecular flexibility index (Phi) is 5.67. The summed E-state index contributed by atoms with van der Waals surface area (Å²) in [7, 11) is -3.64. The number of hydrogen-bond donors (Lipinski definition) is 2. The first-order chi connectivity index (χ1) is 12.2. The van der Waals surface area contributed by atoms with Gasteiger partial charge in [0.15, 0.2) is 0 Å². The van der Waals surface area contributed by atoms with Gasteiger partial charge < -0.3 is 10.1 Å². The van der Waals surface area contributed by atoms with E-state index in [9.17, 15) is 13.2 Å². The van der Waals surface area contributed by atoms with Crippen molar-refractivity contribution >= 4 is 21.6 Å². The molecule has 144 valence electrons. The molecule has 0 unspecified atom stereocenters. The molecule has 3 rings (SSSR count). The number of morpholine rings is 1. The van der Waals surface area contributed by atoms with Crippen molar-refractivity contribution in [3.8, 4) is 0 Å². The highest BCUT2D eigenvalue weighted by atomic mass is 32.2. The summed E-state index contributed by atoms with van der Waals surface area (Å²) < 4.78 is 34.2. The number of anilines is 1. The molecule has 0 saturated carbocycles. The summed E-state index contributed by atoms with van der Waals surface area (Å²) in [6, 6.07) is 6.43. The summed E-state index contributed by atoms with van der Waals surface area (Å²) in [4.78, 5) is 13.7. The molecule has 0 aromatic heterocycles. The van der Waals surface area contributed by atoms with Crippen molar-refractivity contribution in [2.75, 3.05) is 25.0 Å². The van der Waals surface area contributed by atoms with E-state index in [2.05, 4.69) is 28.8 Å². The van der Waals surface area contributed by atoms with Crippen molar-refractivity contribution in [3.05, 3.63) is 24.3 Å². The zero-order valence-corrected chi connectivity index (χ0v) is 16.3. The van der Waals surface area contributed by atoms with Crippen molar-refractivity contribution in [2.24, 2.45) is 5.92 Å². The molecule has 0 spiro atoms. The predicted molar refractivity (Wildman–Crippen MR) is 99.4 cm³/mol. The summed E-state index contributed by atoms with van der Waals surface area (Å²) in [5.41, 5.74) is 0.470. The van der Waals surface area contributed by atoms with Crippen LogP contribution in [-0.2, 0) is 19.6 Å². The maximum Gasteiger partial charge on any atom is 0.240 e. The van der Waals surface area contributed by atoms with Gasteiger partial charge >= 0.3 is 0 Å². The van der Waals surface area contributed by atoms with E-state index in [1.807, 2.05) is 0 Å². The van der Waals surface area contributed by atoms with Crippen LogP contribution in [0, 0.1) is 5.92 Å². The highest BCUT2D eigenvalue weighted by molar-refractivity contribution is 7.89. The Bertz CT molecular complexity index is 765. The minimum Gasteiger partial charge on any atom is -0.375 e. The first-order valence-corrected chi connectivity index (χ1v) is 10.5. The Morgan fingerprint density at radius 3 is 2.77 bits per heavy atom. The van der Waals surface area contributed by atoms with Crippen LogP contribution in [0.25, 0.3) is 0 Å². The number of carbonyl (C=O) groups is 1. The van der Waals surface area contributed by atoms with Crippen LogP contribution in [0.4, 0.5) is 5.69 Å². The first kappa shape index (κ1) is 19.3. The molecular formula is C18H27N3O4S. The maximum atomic E-state index is 12.7. The molecule has 8 heteroatoms. The molecule has 0 bridgehead atoms. The second-order valence-corrected chi connectivity index (χ2v) is 9.20. The summed E-state index contributed by atoms with van der Waals surface area (Å²) in [6.45, 7) is 7.87. The third-order valence-electron chi connectivity index (χ3n) is 4.98. The van der Waals surface area contributed by atoms with Crippen LogP contribution in [0.5, 0.6) is 0 Å². The highest BCUT2D eigenvalue weighted by Crippen LogP contribution is 2.27. The van der Waals surface area contributed by atoms with E-state index in [0.717, 1.165) is 13.0 Å². The van der Waals surface area contributed by atoms with Crippen molar-refractivity contribution < 1.29 is 17.9 Å². The van der Waals surface area contributed by atoms with Gasteiger partial charge in [0, 0.05) is 37.8 Å². The van der Waals surface area contributed by atoms with Crippen molar-refractivity contribution in [3.63, 3.8) is 0 Å². The van der Waals surface area contributed by atoms with E-state index >= 15 is 0 Å². The molecule has 2 saturated heterocycles. The lowest BCUT2D eigenvalue weighted by Gasteiger charge is -2.36. The number of nitrogens with one attached hydrogen (secondary N) is 2. The molecule has 2 heterocycles. The minimum absolute atomic E-state index is 0.135. The van der Waals surface area contributed by atoms with Crippen molar-refractivity contribution in [1.29, 1.82) is 0 Å². The van der Waals surface area contributed by atoms with E-state index in [1.165, 1.54) is 19.1 Å². The molecule has 1 aromatic carbocycles. The van der Waals surface area contributed by atoms with Gasteiger partial charge in [-0.2, -0.15) is 0 Å². The molecule has 7 nitrogen and oxygen atoms in total. The molecule has 2 aliphatic heterocycles. The normalized spacial score (nSPS) is 26.7. The molecule has 3 atom stereocenters. The second-order valence-electron chi connectivity index (χ2n) is 7.49. The van der Waals surface area contributed by atoms with Crippen molar-refractivity contribution in [2.45, 2.75) is 50.3 Å². The molecule has 2 aliphatic rings. The van der Waals surface area contributed by atoms with E-state index in [1.54, 1.807) is 12.1 Å². The average molecular weight is 381 g/mol.